The number of amidine groups is 1. The van der Waals surface area contributed by atoms with Crippen molar-refractivity contribution in [3.05, 3.63) is 33.7 Å². The topological polar surface area (TPSA) is 123 Å². The molecule has 0 spiro atoms. The van der Waals surface area contributed by atoms with Crippen LogP contribution in [0.5, 0.6) is 0 Å². The first-order valence-electron chi connectivity index (χ1n) is 17.1. The van der Waals surface area contributed by atoms with Crippen LogP contribution in [0.4, 0.5) is 5.82 Å². The lowest BCUT2D eigenvalue weighted by atomic mass is 9.75. The van der Waals surface area contributed by atoms with Crippen LogP contribution in [-0.4, -0.2) is 41.5 Å². The zero-order valence-electron chi connectivity index (χ0n) is 29.8. The Bertz CT molecular complexity index is 1350. The molecular weight excluding hydrogens is 584 g/mol. The van der Waals surface area contributed by atoms with Gasteiger partial charge in [-0.05, 0) is 106 Å². The van der Waals surface area contributed by atoms with Gasteiger partial charge in [0.2, 0.25) is 5.91 Å². The average molecular weight is 641 g/mol. The minimum absolute atomic E-state index is 0.0380. The number of rotatable bonds is 10. The van der Waals surface area contributed by atoms with Crippen molar-refractivity contribution in [3.8, 4) is 0 Å². The predicted molar refractivity (Wildman–Crippen MR) is 180 cm³/mol. The number of nitrogens with one attached hydrogen (secondary N) is 3. The van der Waals surface area contributed by atoms with Gasteiger partial charge in [0.05, 0.1) is 18.4 Å². The maximum Gasteiger partial charge on any atom is 0.342 e. The van der Waals surface area contributed by atoms with Crippen molar-refractivity contribution < 1.29 is 28.9 Å². The first kappa shape index (κ1) is 35.9. The van der Waals surface area contributed by atoms with Gasteiger partial charge in [0.15, 0.2) is 0 Å². The van der Waals surface area contributed by atoms with Crippen LogP contribution in [0.1, 0.15) is 112 Å². The van der Waals surface area contributed by atoms with Gasteiger partial charge in [-0.15, -0.1) is 0 Å². The third-order valence-corrected chi connectivity index (χ3v) is 10.1. The summed E-state index contributed by atoms with van der Waals surface area (Å²) in [6.45, 7) is 23.1. The zero-order chi connectivity index (χ0) is 33.9. The van der Waals surface area contributed by atoms with E-state index in [4.69, 9.17) is 24.3 Å². The fourth-order valence-corrected chi connectivity index (χ4v) is 8.12. The molecule has 0 bridgehead atoms. The smallest absolute Gasteiger partial charge is 0.342 e. The van der Waals surface area contributed by atoms with Crippen LogP contribution in [0, 0.1) is 42.4 Å². The molecule has 2 fully saturated rings. The molecule has 2 aliphatic carbocycles. The Morgan fingerprint density at radius 3 is 2.00 bits per heavy atom. The Labute approximate surface area is 275 Å². The molecule has 3 aliphatic rings. The second kappa shape index (κ2) is 15.3. The van der Waals surface area contributed by atoms with Gasteiger partial charge in [-0.2, -0.15) is 0 Å². The minimum Gasteiger partial charge on any atom is -0.458 e. The van der Waals surface area contributed by atoms with E-state index in [1.54, 1.807) is 0 Å². The summed E-state index contributed by atoms with van der Waals surface area (Å²) in [5.41, 5.74) is 7.99. The number of ether oxygens (including phenoxy) is 1. The van der Waals surface area contributed by atoms with E-state index >= 15 is 0 Å². The fraction of sp³-hybridized carbons (Fsp3) is 0.694. The largest absolute Gasteiger partial charge is 0.458 e. The van der Waals surface area contributed by atoms with Crippen LogP contribution in [0.15, 0.2) is 21.8 Å². The number of carbonyl (C=O) groups excluding carboxylic acids is 2. The maximum atomic E-state index is 13.7. The predicted octanol–water partition coefficient (Wildman–Crippen LogP) is 7.42. The number of carbonyl (C=O) groups is 2. The second-order valence-corrected chi connectivity index (χ2v) is 14.4. The first-order chi connectivity index (χ1) is 21.7. The highest BCUT2D eigenvalue weighted by Crippen LogP contribution is 2.39. The molecule has 256 valence electrons. The molecule has 4 unspecified atom stereocenters. The van der Waals surface area contributed by atoms with Gasteiger partial charge in [-0.25, -0.2) is 19.6 Å². The molecule has 1 aromatic heterocycles. The van der Waals surface area contributed by atoms with Crippen molar-refractivity contribution in [1.29, 1.82) is 0 Å². The molecule has 1 aromatic rings. The van der Waals surface area contributed by atoms with Crippen molar-refractivity contribution in [2.45, 2.75) is 121 Å². The zero-order valence-corrected chi connectivity index (χ0v) is 29.8. The quantitative estimate of drug-likeness (QED) is 0.138. The summed E-state index contributed by atoms with van der Waals surface area (Å²) in [5, 5.41) is 2.77. The molecule has 4 atom stereocenters. The summed E-state index contributed by atoms with van der Waals surface area (Å²) >= 11 is 0. The van der Waals surface area contributed by atoms with Gasteiger partial charge in [0.25, 0.3) is 0 Å². The number of aromatic nitrogens is 1. The van der Waals surface area contributed by atoms with E-state index in [9.17, 15) is 9.59 Å². The third kappa shape index (κ3) is 7.94. The molecule has 0 radical (unpaired) electrons. The molecule has 2 heterocycles. The molecule has 1 aliphatic heterocycles. The Morgan fingerprint density at radius 2 is 1.46 bits per heavy atom. The van der Waals surface area contributed by atoms with Gasteiger partial charge in [-0.1, -0.05) is 41.5 Å². The van der Waals surface area contributed by atoms with Crippen molar-refractivity contribution in [1.82, 2.24) is 10.3 Å². The van der Waals surface area contributed by atoms with Gasteiger partial charge in [0, 0.05) is 18.2 Å². The maximum absolute atomic E-state index is 13.7. The van der Waals surface area contributed by atoms with E-state index in [0.29, 0.717) is 52.9 Å². The van der Waals surface area contributed by atoms with E-state index < -0.39 is 5.97 Å². The number of esters is 1. The highest BCUT2D eigenvalue weighted by atomic mass is 17.2. The summed E-state index contributed by atoms with van der Waals surface area (Å²) < 4.78 is 6.15. The number of anilines is 1. The lowest BCUT2D eigenvalue weighted by molar-refractivity contribution is -0.354. The van der Waals surface area contributed by atoms with Crippen molar-refractivity contribution >= 4 is 29.1 Å². The third-order valence-electron chi connectivity index (χ3n) is 10.1. The van der Waals surface area contributed by atoms with E-state index in [-0.39, 0.29) is 42.4 Å². The van der Waals surface area contributed by atoms with Crippen LogP contribution < -0.4 is 10.8 Å². The van der Waals surface area contributed by atoms with E-state index in [2.05, 4.69) is 57.3 Å². The summed E-state index contributed by atoms with van der Waals surface area (Å²) in [7, 11) is 0. The molecular formula is C36H56N4O6. The normalized spacial score (nSPS) is 31.1. The van der Waals surface area contributed by atoms with Crippen LogP contribution in [-0.2, 0) is 35.5 Å². The number of amides is 1. The van der Waals surface area contributed by atoms with E-state index in [0.717, 1.165) is 48.1 Å². The summed E-state index contributed by atoms with van der Waals surface area (Å²) in [4.78, 5) is 51.7. The fourth-order valence-electron chi connectivity index (χ4n) is 8.12. The molecule has 46 heavy (non-hydrogen) atoms. The molecule has 0 saturated heterocycles. The summed E-state index contributed by atoms with van der Waals surface area (Å²) in [6.07, 6.45) is 4.11. The summed E-state index contributed by atoms with van der Waals surface area (Å²) in [5.74, 6) is 2.72. The van der Waals surface area contributed by atoms with Crippen LogP contribution >= 0.6 is 0 Å². The van der Waals surface area contributed by atoms with Crippen molar-refractivity contribution in [3.63, 3.8) is 0 Å². The first-order valence-corrected chi connectivity index (χ1v) is 17.1. The molecule has 4 rings (SSSR count). The highest BCUT2D eigenvalue weighted by Gasteiger charge is 2.38. The lowest BCUT2D eigenvalue weighted by Crippen LogP contribution is -2.39. The van der Waals surface area contributed by atoms with Crippen LogP contribution in [0.2, 0.25) is 0 Å². The summed E-state index contributed by atoms with van der Waals surface area (Å²) in [6, 6.07) is 0. The highest BCUT2D eigenvalue weighted by molar-refractivity contribution is 6.25. The Morgan fingerprint density at radius 1 is 0.891 bits per heavy atom. The van der Waals surface area contributed by atoms with Crippen LogP contribution in [0.3, 0.4) is 0 Å². The van der Waals surface area contributed by atoms with Gasteiger partial charge in [0.1, 0.15) is 29.9 Å². The van der Waals surface area contributed by atoms with E-state index in [1.165, 1.54) is 6.92 Å². The number of hydrogen-bond donors (Lipinski definition) is 3. The molecule has 2 saturated carbocycles. The van der Waals surface area contributed by atoms with Crippen LogP contribution in [0.25, 0.3) is 5.57 Å². The lowest BCUT2D eigenvalue weighted by Gasteiger charge is -2.37. The van der Waals surface area contributed by atoms with Crippen molar-refractivity contribution in [2.75, 3.05) is 12.1 Å². The number of aromatic amines is 1. The standard InChI is InChI=1S/C36H56N4O6/c1-12-43-40-34-28(17-44-46-33-22(6)15-19(3)16-23(33)7)24(8)30(38-34)26(10)31-25(9)29(35(39-31)37-27(11)41)36(42)45-32-20(4)13-18(2)14-21(32)5/h18-23,32-33,38,40H,12-17H2,1-11H3,(H,37,39,41)/b31-26-. The number of aliphatic imine (C=N–C) groups is 1. The SMILES string of the molecule is CCONc1[nH]c(/C(C)=C2\N=C(NC(C)=O)C(C(=O)OC3C(C)CC(C)CC3C)=C2C)c(C)c1COOC1C(C)CC(C)CC1C. The number of nitrogens with zero attached hydrogens (tertiary/aromatic N) is 1. The Balaban J connectivity index is 1.64. The van der Waals surface area contributed by atoms with E-state index in [1.807, 2.05) is 27.7 Å². The Hall–Kier alpha value is -2.95. The monoisotopic (exact) mass is 640 g/mol. The number of H-pyrrole nitrogens is 1. The van der Waals surface area contributed by atoms with Gasteiger partial charge < -0.3 is 15.0 Å². The molecule has 1 amide bonds. The second-order valence-electron chi connectivity index (χ2n) is 14.4. The molecule has 3 N–H and O–H groups in total. The molecule has 0 aromatic carbocycles. The molecule has 10 nitrogen and oxygen atoms in total. The average Bonchev–Trinajstić information content (AvgIpc) is 3.45. The molecule has 10 heteroatoms. The number of allylic oxidation sites excluding steroid dienone is 2. The Kier molecular flexibility index (Phi) is 11.9. The minimum atomic E-state index is -0.459. The van der Waals surface area contributed by atoms with Gasteiger partial charge >= 0.3 is 5.97 Å². The number of hydrogen-bond acceptors (Lipinski definition) is 8. The van der Waals surface area contributed by atoms with Gasteiger partial charge in [-0.3, -0.25) is 15.1 Å². The van der Waals surface area contributed by atoms with Crippen molar-refractivity contribution in [2.24, 2.45) is 40.5 Å².